The highest BCUT2D eigenvalue weighted by Crippen LogP contribution is 2.13. The number of hydrogen-bond donors (Lipinski definition) is 2. The molecule has 1 fully saturated rings. The number of pyridine rings is 1. The first kappa shape index (κ1) is 18.6. The number of nitrogens with zero attached hydrogens (tertiary/aromatic N) is 1. The predicted molar refractivity (Wildman–Crippen MR) is 89.3 cm³/mol. The first-order valence-electron chi connectivity index (χ1n) is 8.30. The van der Waals surface area contributed by atoms with Gasteiger partial charge in [0.25, 0.3) is 11.5 Å². The maximum Gasteiger partial charge on any atom is 0.263 e. The first-order valence-corrected chi connectivity index (χ1v) is 8.30. The van der Waals surface area contributed by atoms with Gasteiger partial charge in [-0.1, -0.05) is 6.92 Å². The topological polar surface area (TPSA) is 89.8 Å². The third-order valence-corrected chi connectivity index (χ3v) is 4.38. The summed E-state index contributed by atoms with van der Waals surface area (Å²) in [6.07, 6.45) is 1.01. The van der Waals surface area contributed by atoms with Gasteiger partial charge in [-0.3, -0.25) is 9.59 Å². The number of rotatable bonds is 6. The molecular weight excluding hydrogens is 312 g/mol. The highest BCUT2D eigenvalue weighted by Gasteiger charge is 2.29. The van der Waals surface area contributed by atoms with Crippen molar-refractivity contribution in [3.63, 3.8) is 0 Å². The minimum absolute atomic E-state index is 0.0879. The predicted octanol–water partition coefficient (Wildman–Crippen LogP) is 0.152. The lowest BCUT2D eigenvalue weighted by Crippen LogP contribution is -2.51. The van der Waals surface area contributed by atoms with Crippen LogP contribution in [0.2, 0.25) is 0 Å². The Kier molecular flexibility index (Phi) is 6.53. The number of aliphatic hydroxyl groups excluding tert-OH is 1. The van der Waals surface area contributed by atoms with Crippen molar-refractivity contribution in [1.29, 1.82) is 0 Å². The van der Waals surface area contributed by atoms with Gasteiger partial charge in [0.2, 0.25) is 0 Å². The molecular formula is C17H26N2O5. The molecule has 0 bridgehead atoms. The molecule has 2 N–H and O–H groups in total. The normalized spacial score (nSPS) is 20.8. The smallest absolute Gasteiger partial charge is 0.263 e. The average molecular weight is 338 g/mol. The van der Waals surface area contributed by atoms with Gasteiger partial charge >= 0.3 is 0 Å². The zero-order valence-electron chi connectivity index (χ0n) is 14.5. The van der Waals surface area contributed by atoms with Crippen LogP contribution in [0.25, 0.3) is 0 Å². The highest BCUT2D eigenvalue weighted by atomic mass is 16.5. The van der Waals surface area contributed by atoms with E-state index in [1.807, 2.05) is 13.8 Å². The second kappa shape index (κ2) is 8.41. The van der Waals surface area contributed by atoms with E-state index in [1.54, 1.807) is 13.1 Å². The summed E-state index contributed by atoms with van der Waals surface area (Å²) in [6, 6.07) is 1.41. The molecule has 1 saturated heterocycles. The van der Waals surface area contributed by atoms with Crippen molar-refractivity contribution in [1.82, 2.24) is 9.88 Å². The van der Waals surface area contributed by atoms with Gasteiger partial charge in [-0.2, -0.15) is 0 Å². The number of carbonyl (C=O) groups excluding carboxylic acids is 1. The van der Waals surface area contributed by atoms with Crippen molar-refractivity contribution in [2.75, 3.05) is 26.4 Å². The van der Waals surface area contributed by atoms with E-state index >= 15 is 0 Å². The van der Waals surface area contributed by atoms with Crippen LogP contribution in [0.3, 0.4) is 0 Å². The Hall–Kier alpha value is -1.70. The number of carbonyl (C=O) groups is 1. The Morgan fingerprint density at radius 1 is 1.54 bits per heavy atom. The second-order valence-electron chi connectivity index (χ2n) is 5.98. The molecule has 0 saturated carbocycles. The van der Waals surface area contributed by atoms with Crippen LogP contribution in [0, 0.1) is 6.92 Å². The van der Waals surface area contributed by atoms with Crippen molar-refractivity contribution in [3.05, 3.63) is 33.2 Å². The van der Waals surface area contributed by atoms with Crippen molar-refractivity contribution in [2.24, 2.45) is 7.05 Å². The van der Waals surface area contributed by atoms with Gasteiger partial charge < -0.3 is 24.5 Å². The monoisotopic (exact) mass is 338 g/mol. The fourth-order valence-corrected chi connectivity index (χ4v) is 3.10. The molecule has 1 aliphatic heterocycles. The minimum Gasteiger partial charge on any atom is -0.394 e. The summed E-state index contributed by atoms with van der Waals surface area (Å²) < 4.78 is 12.4. The summed E-state index contributed by atoms with van der Waals surface area (Å²) in [4.78, 5) is 25.0. The van der Waals surface area contributed by atoms with Gasteiger partial charge in [0.05, 0.1) is 25.9 Å². The fraction of sp³-hybridized carbons (Fsp3) is 0.647. The van der Waals surface area contributed by atoms with Crippen LogP contribution in [0.5, 0.6) is 0 Å². The molecule has 2 rings (SSSR count). The Morgan fingerprint density at radius 3 is 2.96 bits per heavy atom. The Bertz CT molecular complexity index is 641. The maximum atomic E-state index is 12.6. The molecule has 1 aromatic heterocycles. The molecule has 1 aromatic rings. The minimum atomic E-state index is -0.397. The Balaban J connectivity index is 2.18. The third-order valence-electron chi connectivity index (χ3n) is 4.38. The van der Waals surface area contributed by atoms with E-state index in [-0.39, 0.29) is 36.5 Å². The molecule has 2 atom stereocenters. The molecule has 1 aliphatic rings. The van der Waals surface area contributed by atoms with Gasteiger partial charge in [-0.15, -0.1) is 0 Å². The molecule has 1 amide bonds. The second-order valence-corrected chi connectivity index (χ2v) is 5.98. The van der Waals surface area contributed by atoms with E-state index in [2.05, 4.69) is 5.32 Å². The lowest BCUT2D eigenvalue weighted by atomic mass is 10.0. The lowest BCUT2D eigenvalue weighted by Gasteiger charge is -2.32. The van der Waals surface area contributed by atoms with E-state index in [0.717, 1.165) is 17.7 Å². The number of nitrogens with one attached hydrogen (secondary N) is 1. The molecule has 0 aromatic carbocycles. The van der Waals surface area contributed by atoms with Crippen LogP contribution in [-0.2, 0) is 22.9 Å². The van der Waals surface area contributed by atoms with Crippen molar-refractivity contribution < 1.29 is 19.4 Å². The number of aliphatic hydroxyl groups is 1. The van der Waals surface area contributed by atoms with E-state index in [1.165, 1.54) is 4.57 Å². The average Bonchev–Trinajstić information content (AvgIpc) is 2.57. The summed E-state index contributed by atoms with van der Waals surface area (Å²) in [5.74, 6) is -0.397. The standard InChI is InChI=1S/C17H26N2O5/c1-4-14-11(2)9-12(17(22)19(14)3)16(21)18-13-5-7-23-10-15(13)24-8-6-20/h9,13,15,20H,4-8,10H2,1-3H3,(H,18,21)/t13-,15-/m1/s1. The van der Waals surface area contributed by atoms with Crippen LogP contribution in [0.4, 0.5) is 0 Å². The number of aromatic nitrogens is 1. The highest BCUT2D eigenvalue weighted by molar-refractivity contribution is 5.94. The molecule has 0 aliphatic carbocycles. The molecule has 7 nitrogen and oxygen atoms in total. The Morgan fingerprint density at radius 2 is 2.29 bits per heavy atom. The first-order chi connectivity index (χ1) is 11.5. The van der Waals surface area contributed by atoms with Gasteiger partial charge in [0.15, 0.2) is 0 Å². The molecule has 0 spiro atoms. The zero-order valence-corrected chi connectivity index (χ0v) is 14.5. The van der Waals surface area contributed by atoms with Crippen molar-refractivity contribution in [2.45, 2.75) is 38.8 Å². The van der Waals surface area contributed by atoms with Crippen molar-refractivity contribution in [3.8, 4) is 0 Å². The van der Waals surface area contributed by atoms with Crippen LogP contribution in [-0.4, -0.2) is 54.2 Å². The van der Waals surface area contributed by atoms with Gasteiger partial charge in [-0.05, 0) is 31.4 Å². The van der Waals surface area contributed by atoms with E-state index in [9.17, 15) is 9.59 Å². The van der Waals surface area contributed by atoms with Gasteiger partial charge in [0.1, 0.15) is 11.7 Å². The molecule has 134 valence electrons. The maximum absolute atomic E-state index is 12.6. The quantitative estimate of drug-likeness (QED) is 0.771. The van der Waals surface area contributed by atoms with Gasteiger partial charge in [0, 0.05) is 19.3 Å². The zero-order chi connectivity index (χ0) is 17.7. The third kappa shape index (κ3) is 4.03. The van der Waals surface area contributed by atoms with Crippen LogP contribution in [0.1, 0.15) is 35.0 Å². The number of hydrogen-bond acceptors (Lipinski definition) is 5. The fourth-order valence-electron chi connectivity index (χ4n) is 3.10. The summed E-state index contributed by atoms with van der Waals surface area (Å²) >= 11 is 0. The molecule has 2 heterocycles. The van der Waals surface area contributed by atoms with Crippen molar-refractivity contribution >= 4 is 5.91 Å². The van der Waals surface area contributed by atoms with Crippen LogP contribution < -0.4 is 10.9 Å². The van der Waals surface area contributed by atoms with Crippen LogP contribution >= 0.6 is 0 Å². The summed E-state index contributed by atoms with van der Waals surface area (Å²) in [7, 11) is 1.69. The molecule has 0 radical (unpaired) electrons. The lowest BCUT2D eigenvalue weighted by molar-refractivity contribution is -0.0737. The molecule has 7 heteroatoms. The summed E-state index contributed by atoms with van der Waals surface area (Å²) in [5, 5.41) is 11.8. The summed E-state index contributed by atoms with van der Waals surface area (Å²) in [6.45, 7) is 4.86. The van der Waals surface area contributed by atoms with Gasteiger partial charge in [-0.25, -0.2) is 0 Å². The molecule has 24 heavy (non-hydrogen) atoms. The summed E-state index contributed by atoms with van der Waals surface area (Å²) in [5.41, 5.74) is 1.69. The van der Waals surface area contributed by atoms with E-state index in [4.69, 9.17) is 14.6 Å². The van der Waals surface area contributed by atoms with Crippen LogP contribution in [0.15, 0.2) is 10.9 Å². The molecule has 0 unspecified atom stereocenters. The number of aryl methyl sites for hydroxylation is 1. The Labute approximate surface area is 141 Å². The van der Waals surface area contributed by atoms with E-state index in [0.29, 0.717) is 19.6 Å². The number of ether oxygens (including phenoxy) is 2. The largest absolute Gasteiger partial charge is 0.394 e. The number of amides is 1. The SMILES string of the molecule is CCc1c(C)cc(C(=O)N[C@@H]2CCOC[C@H]2OCCO)c(=O)n1C. The van der Waals surface area contributed by atoms with E-state index < -0.39 is 5.91 Å².